The second kappa shape index (κ2) is 21.0. The molecule has 0 atom stereocenters. The van der Waals surface area contributed by atoms with E-state index in [-0.39, 0.29) is 122 Å². The maximum Gasteiger partial charge on any atom is 0.252 e. The zero-order valence-electron chi connectivity index (χ0n) is 73.2. The van der Waals surface area contributed by atoms with E-state index in [2.05, 4.69) is 0 Å². The molecule has 21 rings (SSSR count). The molecular formula is C92H61BN6. The first-order chi connectivity index (χ1) is 57.2. The fourth-order valence-corrected chi connectivity index (χ4v) is 16.0. The maximum absolute atomic E-state index is 11.8. The van der Waals surface area contributed by atoms with Crippen molar-refractivity contribution in [3.63, 3.8) is 0 Å². The third-order valence-corrected chi connectivity index (χ3v) is 20.1. The van der Waals surface area contributed by atoms with E-state index in [1.807, 2.05) is 212 Å². The second-order valence-corrected chi connectivity index (χ2v) is 26.3. The topological polar surface area (TPSA) is 45.5 Å². The molecule has 0 saturated heterocycles. The number of hydrogen-bond donors (Lipinski definition) is 0. The van der Waals surface area contributed by atoms with Crippen molar-refractivity contribution in [2.24, 2.45) is 0 Å². The third kappa shape index (κ3) is 7.84. The van der Waals surface area contributed by atoms with Gasteiger partial charge in [-0.1, -0.05) is 263 Å². The van der Waals surface area contributed by atoms with Gasteiger partial charge in [-0.25, -0.2) is 9.97 Å². The van der Waals surface area contributed by atoms with E-state index in [0.717, 1.165) is 0 Å². The molecule has 99 heavy (non-hydrogen) atoms. The fourth-order valence-electron chi connectivity index (χ4n) is 16.0. The lowest BCUT2D eigenvalue weighted by Gasteiger charge is -2.38. The summed E-state index contributed by atoms with van der Waals surface area (Å²) in [6, 6.07) is 51.0. The number of para-hydroxylation sites is 4. The predicted octanol–water partition coefficient (Wildman–Crippen LogP) is 21.5. The number of fused-ring (bicyclic) bond motifs is 24. The van der Waals surface area contributed by atoms with Crippen molar-refractivity contribution in [2.75, 3.05) is 0 Å². The Balaban J connectivity index is 1.16. The fraction of sp³-hybridized carbons (Fsp3) is 0.0435. The van der Waals surface area contributed by atoms with Crippen molar-refractivity contribution < 1.29 is 27.4 Å². The Morgan fingerprint density at radius 1 is 0.313 bits per heavy atom. The first-order valence-corrected chi connectivity index (χ1v) is 32.8. The summed E-state index contributed by atoms with van der Waals surface area (Å²) in [5, 5.41) is 4.84. The largest absolute Gasteiger partial charge is 0.309 e. The van der Waals surface area contributed by atoms with Gasteiger partial charge in [-0.2, -0.15) is 0 Å². The SMILES string of the molecule is [2H]c1nc2c(c([2H])c1[2H])c1c([2H])c([2H])c([2H])c([2H])c1n2-c1c([2H])c([2H])c2c3c1c1ccccc1c1ccccc1c1cccc(-c4ccccc4)c1n3-c1c([2H])c(C(C)(C)C)c([2H])c3c1B2c1c([2H])c([2H])c(-n2c4nc([2H])c([2H])c([2H])c4c4c([2H])c([2H])c([2H])c([2H])c42)c2c4ccccc4c4ccccc4c4cccc(-c5ccccc5)c4n-3c12. The van der Waals surface area contributed by atoms with Crippen molar-refractivity contribution in [2.45, 2.75) is 26.2 Å². The van der Waals surface area contributed by atoms with Crippen LogP contribution in [0.4, 0.5) is 0 Å². The minimum absolute atomic E-state index is 0.0188. The van der Waals surface area contributed by atoms with Gasteiger partial charge in [0.1, 0.15) is 11.3 Å². The number of benzene rings is 13. The molecule has 13 aromatic carbocycles. The van der Waals surface area contributed by atoms with Crippen LogP contribution in [0.5, 0.6) is 0 Å². The quantitative estimate of drug-likeness (QED) is 0.165. The lowest BCUT2D eigenvalue weighted by atomic mass is 9.34. The number of nitrogens with zero attached hydrogens (tertiary/aromatic N) is 6. The van der Waals surface area contributed by atoms with Gasteiger partial charge in [-0.05, 0) is 142 Å². The average Bonchev–Trinajstić information content (AvgIpc) is 1.58. The molecule has 8 heterocycles. The molecule has 0 aliphatic carbocycles. The Labute approximate surface area is 599 Å². The van der Waals surface area contributed by atoms with Gasteiger partial charge in [-0.15, -0.1) is 0 Å². The molecule has 6 nitrogen and oxygen atoms in total. The van der Waals surface area contributed by atoms with E-state index in [4.69, 9.17) is 9.97 Å². The summed E-state index contributed by atoms with van der Waals surface area (Å²) in [7, 11) is 0. The predicted molar refractivity (Wildman–Crippen MR) is 419 cm³/mol. The summed E-state index contributed by atoms with van der Waals surface area (Å²) in [6.07, 6.45) is -1.40. The first-order valence-electron chi connectivity index (χ1n) is 42.8. The van der Waals surface area contributed by atoms with Crippen LogP contribution in [0.15, 0.2) is 315 Å². The molecule has 462 valence electrons. The molecule has 6 aromatic heterocycles. The van der Waals surface area contributed by atoms with Crippen LogP contribution in [-0.4, -0.2) is 34.9 Å². The minimum Gasteiger partial charge on any atom is -0.309 e. The lowest BCUT2D eigenvalue weighted by Crippen LogP contribution is -2.60. The van der Waals surface area contributed by atoms with Crippen molar-refractivity contribution >= 4 is 154 Å². The van der Waals surface area contributed by atoms with Crippen molar-refractivity contribution in [1.29, 1.82) is 0 Å². The number of aromatic nitrogens is 6. The van der Waals surface area contributed by atoms with Gasteiger partial charge >= 0.3 is 0 Å². The molecular weight excluding hydrogens is 1200 g/mol. The van der Waals surface area contributed by atoms with Crippen LogP contribution in [0.1, 0.15) is 53.7 Å². The van der Waals surface area contributed by atoms with Crippen molar-refractivity contribution in [1.82, 2.24) is 28.2 Å². The van der Waals surface area contributed by atoms with Crippen LogP contribution in [0.25, 0.3) is 176 Å². The van der Waals surface area contributed by atoms with Crippen molar-refractivity contribution in [3.8, 4) is 45.0 Å². The Morgan fingerprint density at radius 2 is 0.677 bits per heavy atom. The Kier molecular flexibility index (Phi) is 8.36. The number of pyridine rings is 2. The highest BCUT2D eigenvalue weighted by Crippen LogP contribution is 2.48. The monoisotopic (exact) mass is 1280 g/mol. The summed E-state index contributed by atoms with van der Waals surface area (Å²) in [6.45, 7) is 4.09. The van der Waals surface area contributed by atoms with E-state index in [1.54, 1.807) is 12.1 Å². The molecule has 0 saturated carbocycles. The van der Waals surface area contributed by atoms with Gasteiger partial charge in [0.15, 0.2) is 0 Å². The second-order valence-electron chi connectivity index (χ2n) is 26.3. The van der Waals surface area contributed by atoms with Crippen LogP contribution >= 0.6 is 0 Å². The first kappa shape index (κ1) is 39.5. The summed E-state index contributed by atoms with van der Waals surface area (Å²) in [4.78, 5) is 9.53. The van der Waals surface area contributed by atoms with Crippen LogP contribution in [-0.2, 0) is 5.41 Å². The number of hydrogen-bond acceptors (Lipinski definition) is 2. The molecule has 0 radical (unpaired) electrons. The third-order valence-electron chi connectivity index (χ3n) is 20.1. The van der Waals surface area contributed by atoms with Crippen LogP contribution in [0.3, 0.4) is 0 Å². The van der Waals surface area contributed by atoms with E-state index < -0.39 is 121 Å². The number of rotatable bonds is 4. The van der Waals surface area contributed by atoms with E-state index in [9.17, 15) is 27.4 Å². The highest BCUT2D eigenvalue weighted by Gasteiger charge is 2.42. The van der Waals surface area contributed by atoms with E-state index >= 15 is 0 Å². The van der Waals surface area contributed by atoms with Gasteiger partial charge in [0, 0.05) is 77.9 Å². The Hall–Kier alpha value is -12.6. The molecule has 0 amide bonds. The van der Waals surface area contributed by atoms with E-state index in [0.29, 0.717) is 87.1 Å². The smallest absolute Gasteiger partial charge is 0.252 e. The standard InChI is InChI=1S/C92H61BN6/c1-92(2,3)58-54-81-85-82(55-58)99-87-60(57-28-8-5-9-29-57)41-23-43-72(87)66-35-13-11-31-62(66)64-33-15-17-39-70(64)84-80(97-78-47-21-19-37-68(78)74-45-25-53-95-91(74)97)51-49-76(89(84)99)93(85)75-48-50-79(96-77-46-20-18-36-67(77)73-44-24-52-94-90(73)96)83-69-38-16-14-32-63(69)61-30-10-12-34-65(61)71-42-22-40-59(56-26-6-4-7-27-56)86(71)98(81)88(75)83/h4-55H,1-3H3/i18D,19D,20D,21D,24D,25D,36D,37D,44D,45D,46D,47D,48D,49D,50D,51D,52D,53D,54D,55D. The molecule has 0 fully saturated rings. The molecule has 19 aromatic rings. The van der Waals surface area contributed by atoms with Crippen LogP contribution < -0.4 is 16.4 Å². The molecule has 0 unspecified atom stereocenters. The Morgan fingerprint density at radius 3 is 1.10 bits per heavy atom. The van der Waals surface area contributed by atoms with Gasteiger partial charge in [0.05, 0.1) is 71.9 Å². The summed E-state index contributed by atoms with van der Waals surface area (Å²) < 4.78 is 211. The van der Waals surface area contributed by atoms with Crippen LogP contribution in [0.2, 0.25) is 0 Å². The summed E-state index contributed by atoms with van der Waals surface area (Å²) in [5.41, 5.74) is 1.27. The average molecular weight is 1280 g/mol. The van der Waals surface area contributed by atoms with Crippen LogP contribution in [0, 0.1) is 0 Å². The highest BCUT2D eigenvalue weighted by molar-refractivity contribution is 7.00. The van der Waals surface area contributed by atoms with E-state index in [1.165, 1.54) is 9.13 Å². The molecule has 7 heteroatoms. The normalized spacial score (nSPS) is 15.4. The molecule has 0 bridgehead atoms. The molecule has 0 spiro atoms. The zero-order chi connectivity index (χ0) is 82.8. The summed E-state index contributed by atoms with van der Waals surface area (Å²) >= 11 is 0. The molecule has 0 N–H and O–H groups in total. The van der Waals surface area contributed by atoms with Gasteiger partial charge in [0.2, 0.25) is 0 Å². The zero-order valence-corrected chi connectivity index (χ0v) is 53.2. The lowest BCUT2D eigenvalue weighted by molar-refractivity contribution is 0.589. The molecule has 2 aliphatic rings. The van der Waals surface area contributed by atoms with Gasteiger partial charge < -0.3 is 9.13 Å². The maximum atomic E-state index is 11.8. The van der Waals surface area contributed by atoms with Gasteiger partial charge in [-0.3, -0.25) is 9.13 Å². The molecule has 2 aliphatic heterocycles. The van der Waals surface area contributed by atoms with Crippen molar-refractivity contribution in [3.05, 3.63) is 321 Å². The Bertz CT molecular complexity index is 7710. The summed E-state index contributed by atoms with van der Waals surface area (Å²) in [5.74, 6) is 0. The van der Waals surface area contributed by atoms with Gasteiger partial charge in [0.25, 0.3) is 6.71 Å². The minimum atomic E-state index is -1.67. The highest BCUT2D eigenvalue weighted by atomic mass is 15.1.